The van der Waals surface area contributed by atoms with Crippen molar-refractivity contribution in [3.05, 3.63) is 35.6 Å². The number of nitrogens with one attached hydrogen (secondary N) is 2. The maximum absolute atomic E-state index is 13.2. The monoisotopic (exact) mass is 322 g/mol. The molecule has 1 fully saturated rings. The molecule has 6 nitrogen and oxygen atoms in total. The molecule has 0 aromatic heterocycles. The van der Waals surface area contributed by atoms with Crippen molar-refractivity contribution >= 4 is 11.8 Å². The first-order valence-electron chi connectivity index (χ1n) is 7.69. The Morgan fingerprint density at radius 2 is 1.74 bits per heavy atom. The number of halogens is 1. The van der Waals surface area contributed by atoms with Gasteiger partial charge in [-0.3, -0.25) is 14.5 Å². The van der Waals surface area contributed by atoms with Gasteiger partial charge in [-0.2, -0.15) is 0 Å². The van der Waals surface area contributed by atoms with Crippen molar-refractivity contribution in [3.8, 4) is 0 Å². The molecular formula is C16H23FN4O2. The summed E-state index contributed by atoms with van der Waals surface area (Å²) in [6.45, 7) is 3.88. The molecule has 1 aromatic rings. The van der Waals surface area contributed by atoms with Gasteiger partial charge in [0, 0.05) is 39.8 Å². The van der Waals surface area contributed by atoms with Gasteiger partial charge in [0.2, 0.25) is 0 Å². The molecule has 1 aliphatic heterocycles. The van der Waals surface area contributed by atoms with Crippen LogP contribution in [0.5, 0.6) is 0 Å². The minimum Gasteiger partial charge on any atom is -0.351 e. The van der Waals surface area contributed by atoms with Crippen molar-refractivity contribution in [2.75, 3.05) is 46.8 Å². The van der Waals surface area contributed by atoms with Crippen LogP contribution in [0, 0.1) is 5.82 Å². The van der Waals surface area contributed by atoms with E-state index in [-0.39, 0.29) is 11.9 Å². The van der Waals surface area contributed by atoms with E-state index < -0.39 is 11.8 Å². The third-order valence-electron chi connectivity index (χ3n) is 4.12. The fourth-order valence-corrected chi connectivity index (χ4v) is 2.66. The summed E-state index contributed by atoms with van der Waals surface area (Å²) in [6.07, 6.45) is 0. The standard InChI is InChI=1S/C16H23FN4O2/c1-18-15(22)16(23)19-11-14(12-3-5-13(17)6-4-12)21-9-7-20(2)8-10-21/h3-6,14H,7-11H2,1-2H3,(H,18,22)(H,19,23). The number of likely N-dealkylation sites (N-methyl/N-ethyl adjacent to an activating group) is 2. The van der Waals surface area contributed by atoms with E-state index in [4.69, 9.17) is 0 Å². The van der Waals surface area contributed by atoms with Crippen molar-refractivity contribution in [2.45, 2.75) is 6.04 Å². The number of hydrogen-bond acceptors (Lipinski definition) is 4. The topological polar surface area (TPSA) is 64.7 Å². The number of amides is 2. The molecule has 0 spiro atoms. The highest BCUT2D eigenvalue weighted by atomic mass is 19.1. The van der Waals surface area contributed by atoms with Crippen LogP contribution < -0.4 is 10.6 Å². The molecule has 0 radical (unpaired) electrons. The third-order valence-corrected chi connectivity index (χ3v) is 4.12. The van der Waals surface area contributed by atoms with Gasteiger partial charge < -0.3 is 15.5 Å². The molecule has 0 bridgehead atoms. The molecule has 1 aromatic carbocycles. The average molecular weight is 322 g/mol. The number of nitrogens with zero attached hydrogens (tertiary/aromatic N) is 2. The highest BCUT2D eigenvalue weighted by molar-refractivity contribution is 6.35. The summed E-state index contributed by atoms with van der Waals surface area (Å²) in [4.78, 5) is 27.5. The maximum atomic E-state index is 13.2. The zero-order valence-corrected chi connectivity index (χ0v) is 13.5. The van der Waals surface area contributed by atoms with Crippen LogP contribution in [0.4, 0.5) is 4.39 Å². The number of benzene rings is 1. The van der Waals surface area contributed by atoms with E-state index in [0.29, 0.717) is 6.54 Å². The number of hydrogen-bond donors (Lipinski definition) is 2. The lowest BCUT2D eigenvalue weighted by Gasteiger charge is -2.38. The van der Waals surface area contributed by atoms with Crippen molar-refractivity contribution in [1.82, 2.24) is 20.4 Å². The highest BCUT2D eigenvalue weighted by Crippen LogP contribution is 2.21. The molecule has 126 valence electrons. The Morgan fingerprint density at radius 1 is 1.13 bits per heavy atom. The van der Waals surface area contributed by atoms with E-state index in [1.54, 1.807) is 12.1 Å². The molecule has 2 N–H and O–H groups in total. The normalized spacial score (nSPS) is 17.5. The van der Waals surface area contributed by atoms with Crippen LogP contribution in [-0.4, -0.2) is 68.4 Å². The lowest BCUT2D eigenvalue weighted by molar-refractivity contribution is -0.139. The molecule has 1 unspecified atom stereocenters. The Labute approximate surface area is 135 Å². The first-order chi connectivity index (χ1) is 11.0. The average Bonchev–Trinajstić information content (AvgIpc) is 2.57. The minimum absolute atomic E-state index is 0.0853. The van der Waals surface area contributed by atoms with Crippen LogP contribution in [0.2, 0.25) is 0 Å². The molecular weight excluding hydrogens is 299 g/mol. The van der Waals surface area contributed by atoms with E-state index >= 15 is 0 Å². The second-order valence-corrected chi connectivity index (χ2v) is 5.70. The Morgan fingerprint density at radius 3 is 2.30 bits per heavy atom. The fourth-order valence-electron chi connectivity index (χ4n) is 2.66. The summed E-state index contributed by atoms with van der Waals surface area (Å²) in [6, 6.07) is 6.20. The van der Waals surface area contributed by atoms with E-state index in [2.05, 4.69) is 27.5 Å². The van der Waals surface area contributed by atoms with Crippen LogP contribution in [-0.2, 0) is 9.59 Å². The summed E-state index contributed by atoms with van der Waals surface area (Å²) in [5.74, 6) is -1.62. The van der Waals surface area contributed by atoms with Gasteiger partial charge in [0.15, 0.2) is 0 Å². The van der Waals surface area contributed by atoms with Crippen molar-refractivity contribution < 1.29 is 14.0 Å². The number of carbonyl (C=O) groups excluding carboxylic acids is 2. The second kappa shape index (κ2) is 8.03. The van der Waals surface area contributed by atoms with Gasteiger partial charge in [-0.15, -0.1) is 0 Å². The summed E-state index contributed by atoms with van der Waals surface area (Å²) >= 11 is 0. The van der Waals surface area contributed by atoms with E-state index in [0.717, 1.165) is 31.7 Å². The molecule has 1 heterocycles. The second-order valence-electron chi connectivity index (χ2n) is 5.70. The molecule has 0 saturated carbocycles. The first-order valence-corrected chi connectivity index (χ1v) is 7.69. The van der Waals surface area contributed by atoms with Crippen LogP contribution >= 0.6 is 0 Å². The Hall–Kier alpha value is -1.99. The van der Waals surface area contributed by atoms with Crippen molar-refractivity contribution in [2.24, 2.45) is 0 Å². The number of piperazine rings is 1. The minimum atomic E-state index is -0.666. The van der Waals surface area contributed by atoms with Crippen LogP contribution in [0.1, 0.15) is 11.6 Å². The van der Waals surface area contributed by atoms with E-state index in [1.165, 1.54) is 19.2 Å². The predicted octanol–water partition coefficient (Wildman–Crippen LogP) is -0.0236. The molecule has 1 aliphatic rings. The molecule has 7 heteroatoms. The quantitative estimate of drug-likeness (QED) is 0.765. The Kier molecular flexibility index (Phi) is 6.06. The third kappa shape index (κ3) is 4.74. The van der Waals surface area contributed by atoms with E-state index in [9.17, 15) is 14.0 Å². The number of rotatable bonds is 4. The lowest BCUT2D eigenvalue weighted by atomic mass is 10.0. The van der Waals surface area contributed by atoms with Gasteiger partial charge in [-0.05, 0) is 24.7 Å². The van der Waals surface area contributed by atoms with Crippen LogP contribution in [0.15, 0.2) is 24.3 Å². The largest absolute Gasteiger partial charge is 0.351 e. The van der Waals surface area contributed by atoms with Crippen LogP contribution in [0.25, 0.3) is 0 Å². The fraction of sp³-hybridized carbons (Fsp3) is 0.500. The molecule has 2 amide bonds. The highest BCUT2D eigenvalue weighted by Gasteiger charge is 2.25. The zero-order chi connectivity index (χ0) is 16.8. The summed E-state index contributed by atoms with van der Waals surface area (Å²) in [5.41, 5.74) is 0.924. The van der Waals surface area contributed by atoms with E-state index in [1.807, 2.05) is 0 Å². The Balaban J connectivity index is 2.09. The summed E-state index contributed by atoms with van der Waals surface area (Å²) < 4.78 is 13.2. The van der Waals surface area contributed by atoms with Gasteiger partial charge in [0.25, 0.3) is 0 Å². The van der Waals surface area contributed by atoms with Crippen molar-refractivity contribution in [3.63, 3.8) is 0 Å². The number of carbonyl (C=O) groups is 2. The maximum Gasteiger partial charge on any atom is 0.309 e. The molecule has 1 saturated heterocycles. The summed E-state index contributed by atoms with van der Waals surface area (Å²) in [7, 11) is 3.48. The SMILES string of the molecule is CNC(=O)C(=O)NCC(c1ccc(F)cc1)N1CCN(C)CC1. The van der Waals surface area contributed by atoms with Gasteiger partial charge in [-0.25, -0.2) is 4.39 Å². The Bertz CT molecular complexity index is 542. The molecule has 2 rings (SSSR count). The van der Waals surface area contributed by atoms with Gasteiger partial charge in [0.1, 0.15) is 5.82 Å². The lowest BCUT2D eigenvalue weighted by Crippen LogP contribution is -2.49. The predicted molar refractivity (Wildman–Crippen MR) is 85.3 cm³/mol. The van der Waals surface area contributed by atoms with Crippen LogP contribution in [0.3, 0.4) is 0 Å². The first kappa shape index (κ1) is 17.4. The summed E-state index contributed by atoms with van der Waals surface area (Å²) in [5, 5.41) is 4.96. The molecule has 23 heavy (non-hydrogen) atoms. The van der Waals surface area contributed by atoms with Gasteiger partial charge >= 0.3 is 11.8 Å². The van der Waals surface area contributed by atoms with Crippen molar-refractivity contribution in [1.29, 1.82) is 0 Å². The van der Waals surface area contributed by atoms with Gasteiger partial charge in [0.05, 0.1) is 6.04 Å². The smallest absolute Gasteiger partial charge is 0.309 e. The molecule has 1 atom stereocenters. The van der Waals surface area contributed by atoms with Gasteiger partial charge in [-0.1, -0.05) is 12.1 Å². The zero-order valence-electron chi connectivity index (χ0n) is 13.5. The molecule has 0 aliphatic carbocycles.